The Kier molecular flexibility index (Phi) is 2.81. The van der Waals surface area contributed by atoms with E-state index in [2.05, 4.69) is 10.2 Å². The quantitative estimate of drug-likeness (QED) is 0.687. The second kappa shape index (κ2) is 4.09. The van der Waals surface area contributed by atoms with Crippen LogP contribution in [0, 0.1) is 0 Å². The highest BCUT2D eigenvalue weighted by atomic mass is 32.2. The van der Waals surface area contributed by atoms with Crippen LogP contribution < -0.4 is 11.4 Å². The van der Waals surface area contributed by atoms with Gasteiger partial charge in [0.25, 0.3) is 0 Å². The molecule has 0 radical (unpaired) electrons. The van der Waals surface area contributed by atoms with Gasteiger partial charge in [0.2, 0.25) is 5.91 Å². The normalized spacial score (nSPS) is 15.5. The number of carbonyl (C=O) groups excluding carboxylic acids is 1. The Morgan fingerprint density at radius 1 is 1.67 bits per heavy atom. The Morgan fingerprint density at radius 2 is 2.40 bits per heavy atom. The fraction of sp³-hybridized carbons (Fsp3) is 0.625. The molecule has 1 amide bonds. The summed E-state index contributed by atoms with van der Waals surface area (Å²) in [6, 6.07) is 0.298. The standard InChI is InChI=1S/C8H12N4O2S/c9-6(13)3-4-15-8-11-10-7(14)12(8)5-1-2-5/h5H,1-4H2,(H2,9,13)(H,10,14). The first kappa shape index (κ1) is 10.3. The maximum Gasteiger partial charge on any atom is 0.344 e. The van der Waals surface area contributed by atoms with Gasteiger partial charge in [-0.1, -0.05) is 11.8 Å². The molecule has 0 atom stereocenters. The summed E-state index contributed by atoms with van der Waals surface area (Å²) in [5.41, 5.74) is 4.86. The fourth-order valence-electron chi connectivity index (χ4n) is 1.29. The lowest BCUT2D eigenvalue weighted by atomic mass is 10.5. The number of hydrogen-bond donors (Lipinski definition) is 2. The van der Waals surface area contributed by atoms with Gasteiger partial charge in [0.15, 0.2) is 5.16 Å². The van der Waals surface area contributed by atoms with E-state index in [1.807, 2.05) is 0 Å². The van der Waals surface area contributed by atoms with Crippen LogP contribution in [0.5, 0.6) is 0 Å². The first-order valence-electron chi connectivity index (χ1n) is 4.76. The van der Waals surface area contributed by atoms with Gasteiger partial charge in [-0.25, -0.2) is 9.89 Å². The molecule has 82 valence electrons. The Morgan fingerprint density at radius 3 is 3.00 bits per heavy atom. The van der Waals surface area contributed by atoms with Crippen LogP contribution in [0.25, 0.3) is 0 Å². The maximum absolute atomic E-state index is 11.4. The zero-order valence-corrected chi connectivity index (χ0v) is 8.92. The van der Waals surface area contributed by atoms with Crippen molar-refractivity contribution in [2.24, 2.45) is 5.73 Å². The molecular weight excluding hydrogens is 216 g/mol. The smallest absolute Gasteiger partial charge is 0.344 e. The fourth-order valence-corrected chi connectivity index (χ4v) is 2.26. The molecule has 1 aliphatic rings. The van der Waals surface area contributed by atoms with Crippen molar-refractivity contribution in [1.82, 2.24) is 14.8 Å². The lowest BCUT2D eigenvalue weighted by Gasteiger charge is -2.01. The molecule has 1 fully saturated rings. The molecule has 1 aromatic heterocycles. The molecule has 1 heterocycles. The molecule has 7 heteroatoms. The van der Waals surface area contributed by atoms with E-state index in [9.17, 15) is 9.59 Å². The molecule has 6 nitrogen and oxygen atoms in total. The third-order valence-corrected chi connectivity index (χ3v) is 3.12. The number of rotatable bonds is 5. The molecule has 2 rings (SSSR count). The molecular formula is C8H12N4O2S. The number of carbonyl (C=O) groups is 1. The van der Waals surface area contributed by atoms with Gasteiger partial charge in [-0.05, 0) is 12.8 Å². The Hall–Kier alpha value is -1.24. The van der Waals surface area contributed by atoms with Crippen molar-refractivity contribution in [3.63, 3.8) is 0 Å². The lowest BCUT2D eigenvalue weighted by molar-refractivity contribution is -0.117. The second-order valence-corrected chi connectivity index (χ2v) is 4.54. The molecule has 1 aromatic rings. The first-order chi connectivity index (χ1) is 7.18. The van der Waals surface area contributed by atoms with Crippen LogP contribution in [-0.2, 0) is 4.79 Å². The van der Waals surface area contributed by atoms with Crippen LogP contribution >= 0.6 is 11.8 Å². The summed E-state index contributed by atoms with van der Waals surface area (Å²) in [6.45, 7) is 0. The number of aromatic nitrogens is 3. The third-order valence-electron chi connectivity index (χ3n) is 2.16. The van der Waals surface area contributed by atoms with Gasteiger partial charge in [-0.15, -0.1) is 5.10 Å². The molecule has 0 bridgehead atoms. The molecule has 0 unspecified atom stereocenters. The number of primary amides is 1. The summed E-state index contributed by atoms with van der Waals surface area (Å²) >= 11 is 1.38. The molecule has 0 aliphatic heterocycles. The number of aromatic amines is 1. The maximum atomic E-state index is 11.4. The summed E-state index contributed by atoms with van der Waals surface area (Å²) in [6.07, 6.45) is 2.36. The van der Waals surface area contributed by atoms with Gasteiger partial charge in [-0.2, -0.15) is 0 Å². The number of nitrogens with two attached hydrogens (primary N) is 1. The topological polar surface area (TPSA) is 93.8 Å². The van der Waals surface area contributed by atoms with E-state index in [1.165, 1.54) is 11.8 Å². The van der Waals surface area contributed by atoms with Gasteiger partial charge in [0, 0.05) is 18.2 Å². The van der Waals surface area contributed by atoms with Crippen LogP contribution in [0.1, 0.15) is 25.3 Å². The number of hydrogen-bond acceptors (Lipinski definition) is 4. The van der Waals surface area contributed by atoms with Crippen molar-refractivity contribution < 1.29 is 4.79 Å². The largest absolute Gasteiger partial charge is 0.370 e. The Labute approximate surface area is 90.2 Å². The zero-order chi connectivity index (χ0) is 10.8. The summed E-state index contributed by atoms with van der Waals surface area (Å²) in [5.74, 6) is 0.227. The van der Waals surface area contributed by atoms with Gasteiger partial charge >= 0.3 is 5.69 Å². The van der Waals surface area contributed by atoms with E-state index in [0.29, 0.717) is 23.4 Å². The Balaban J connectivity index is 2.01. The first-order valence-corrected chi connectivity index (χ1v) is 5.75. The monoisotopic (exact) mass is 228 g/mol. The van der Waals surface area contributed by atoms with E-state index < -0.39 is 0 Å². The lowest BCUT2D eigenvalue weighted by Crippen LogP contribution is -2.16. The van der Waals surface area contributed by atoms with Crippen LogP contribution in [0.3, 0.4) is 0 Å². The van der Waals surface area contributed by atoms with Crippen LogP contribution in [0.4, 0.5) is 0 Å². The van der Waals surface area contributed by atoms with Crippen molar-refractivity contribution in [2.75, 3.05) is 5.75 Å². The highest BCUT2D eigenvalue weighted by molar-refractivity contribution is 7.99. The van der Waals surface area contributed by atoms with Gasteiger partial charge in [0.1, 0.15) is 0 Å². The summed E-state index contributed by atoms with van der Waals surface area (Å²) < 4.78 is 1.66. The molecule has 15 heavy (non-hydrogen) atoms. The van der Waals surface area contributed by atoms with Gasteiger partial charge in [0.05, 0.1) is 0 Å². The van der Waals surface area contributed by atoms with Crippen molar-refractivity contribution in [3.05, 3.63) is 10.5 Å². The minimum absolute atomic E-state index is 0.168. The Bertz CT molecular complexity index is 421. The van der Waals surface area contributed by atoms with Gasteiger partial charge in [-0.3, -0.25) is 9.36 Å². The van der Waals surface area contributed by atoms with Crippen LogP contribution in [0.2, 0.25) is 0 Å². The van der Waals surface area contributed by atoms with E-state index in [-0.39, 0.29) is 11.6 Å². The van der Waals surface area contributed by atoms with E-state index >= 15 is 0 Å². The SMILES string of the molecule is NC(=O)CCSc1n[nH]c(=O)n1C1CC1. The summed E-state index contributed by atoms with van der Waals surface area (Å²) in [5, 5.41) is 6.98. The molecule has 3 N–H and O–H groups in total. The number of nitrogens with one attached hydrogen (secondary N) is 1. The highest BCUT2D eigenvalue weighted by Gasteiger charge is 2.28. The minimum atomic E-state index is -0.335. The van der Waals surface area contributed by atoms with Crippen molar-refractivity contribution >= 4 is 17.7 Å². The minimum Gasteiger partial charge on any atom is -0.370 e. The predicted molar refractivity (Wildman–Crippen MR) is 55.7 cm³/mol. The van der Waals surface area contributed by atoms with Crippen molar-refractivity contribution in [3.8, 4) is 0 Å². The van der Waals surface area contributed by atoms with E-state index in [1.54, 1.807) is 4.57 Å². The summed E-state index contributed by atoms with van der Waals surface area (Å²) in [4.78, 5) is 21.9. The highest BCUT2D eigenvalue weighted by Crippen LogP contribution is 2.35. The molecule has 0 saturated heterocycles. The van der Waals surface area contributed by atoms with E-state index in [0.717, 1.165) is 12.8 Å². The number of nitrogens with zero attached hydrogens (tertiary/aromatic N) is 2. The van der Waals surface area contributed by atoms with Crippen molar-refractivity contribution in [1.29, 1.82) is 0 Å². The average molecular weight is 228 g/mol. The number of amides is 1. The van der Waals surface area contributed by atoms with E-state index in [4.69, 9.17) is 5.73 Å². The summed E-state index contributed by atoms with van der Waals surface area (Å²) in [7, 11) is 0. The van der Waals surface area contributed by atoms with Crippen LogP contribution in [0.15, 0.2) is 9.95 Å². The second-order valence-electron chi connectivity index (χ2n) is 3.48. The number of H-pyrrole nitrogens is 1. The molecule has 1 aliphatic carbocycles. The molecule has 0 aromatic carbocycles. The molecule has 0 spiro atoms. The molecule has 1 saturated carbocycles. The predicted octanol–water partition coefficient (Wildman–Crippen LogP) is -0.126. The van der Waals surface area contributed by atoms with Crippen LogP contribution in [-0.4, -0.2) is 26.4 Å². The van der Waals surface area contributed by atoms with Gasteiger partial charge < -0.3 is 5.73 Å². The average Bonchev–Trinajstić information content (AvgIpc) is 2.92. The number of thioether (sulfide) groups is 1. The third kappa shape index (κ3) is 2.41. The van der Waals surface area contributed by atoms with Crippen molar-refractivity contribution in [2.45, 2.75) is 30.5 Å². The zero-order valence-electron chi connectivity index (χ0n) is 8.10.